The maximum absolute atomic E-state index is 12.7. The van der Waals surface area contributed by atoms with Crippen LogP contribution in [0.4, 0.5) is 0 Å². The van der Waals surface area contributed by atoms with Crippen LogP contribution in [0, 0.1) is 0 Å². The first-order valence-electron chi connectivity index (χ1n) is 6.71. The second kappa shape index (κ2) is 4.04. The minimum Gasteiger partial charge on any atom is -0.373 e. The van der Waals surface area contributed by atoms with Crippen LogP contribution in [-0.2, 0) is 9.53 Å². The van der Waals surface area contributed by atoms with Gasteiger partial charge in [0.05, 0.1) is 12.7 Å². The van der Waals surface area contributed by atoms with E-state index in [0.29, 0.717) is 0 Å². The molecule has 1 saturated heterocycles. The average molecular weight is 250 g/mol. The summed E-state index contributed by atoms with van der Waals surface area (Å²) in [5.74, 6) is 0.169. The summed E-state index contributed by atoms with van der Waals surface area (Å²) in [5.41, 5.74) is 5.05. The predicted molar refractivity (Wildman–Crippen MR) is 73.5 cm³/mol. The molecule has 1 unspecified atom stereocenters. The number of allylic oxidation sites excluding steroid dienone is 4. The third kappa shape index (κ3) is 1.57. The molecule has 0 spiro atoms. The summed E-state index contributed by atoms with van der Waals surface area (Å²) >= 11 is 0. The van der Waals surface area contributed by atoms with Crippen LogP contribution < -0.4 is 0 Å². The zero-order valence-corrected chi connectivity index (χ0v) is 10.6. The van der Waals surface area contributed by atoms with Crippen molar-refractivity contribution in [2.75, 3.05) is 6.61 Å². The molecular weight excluding hydrogens is 236 g/mol. The van der Waals surface area contributed by atoms with E-state index >= 15 is 0 Å². The molecule has 0 aromatic heterocycles. The standard InChI is InChI=1S/C17H14O2/c18-17-14(11-4-2-1-3-5-11)10-12-6-7-15-13(16(12)17)8-9-19-15/h1-6,10,15H,7-9H2. The molecule has 2 aliphatic carbocycles. The Morgan fingerprint density at radius 1 is 1.16 bits per heavy atom. The van der Waals surface area contributed by atoms with Gasteiger partial charge in [0, 0.05) is 11.1 Å². The van der Waals surface area contributed by atoms with Gasteiger partial charge in [-0.15, -0.1) is 0 Å². The molecule has 1 aromatic rings. The van der Waals surface area contributed by atoms with Crippen LogP contribution in [0.15, 0.2) is 59.2 Å². The van der Waals surface area contributed by atoms with Gasteiger partial charge in [0.2, 0.25) is 0 Å². The number of carbonyl (C=O) groups is 1. The molecule has 3 aliphatic rings. The normalized spacial score (nSPS) is 25.1. The molecule has 94 valence electrons. The number of rotatable bonds is 1. The number of Topliss-reactive ketones (excluding diaryl/α,β-unsaturated/α-hetero) is 1. The fourth-order valence-electron chi connectivity index (χ4n) is 3.19. The van der Waals surface area contributed by atoms with Gasteiger partial charge in [0.25, 0.3) is 0 Å². The fraction of sp³-hybridized carbons (Fsp3) is 0.235. The van der Waals surface area contributed by atoms with Crippen molar-refractivity contribution >= 4 is 11.4 Å². The third-order valence-corrected chi connectivity index (χ3v) is 4.10. The molecule has 0 amide bonds. The van der Waals surface area contributed by atoms with Gasteiger partial charge in [-0.2, -0.15) is 0 Å². The van der Waals surface area contributed by atoms with Crippen molar-refractivity contribution in [3.05, 3.63) is 64.8 Å². The van der Waals surface area contributed by atoms with Crippen LogP contribution in [0.3, 0.4) is 0 Å². The Labute approximate surface area is 112 Å². The van der Waals surface area contributed by atoms with Gasteiger partial charge < -0.3 is 4.74 Å². The number of ether oxygens (including phenoxy) is 1. The first kappa shape index (κ1) is 10.9. The monoisotopic (exact) mass is 250 g/mol. The lowest BCUT2D eigenvalue weighted by Gasteiger charge is -2.17. The smallest absolute Gasteiger partial charge is 0.194 e. The Morgan fingerprint density at radius 3 is 2.84 bits per heavy atom. The molecule has 1 fully saturated rings. The number of ketones is 1. The lowest BCUT2D eigenvalue weighted by Crippen LogP contribution is -2.15. The zero-order chi connectivity index (χ0) is 12.8. The van der Waals surface area contributed by atoms with Crippen molar-refractivity contribution < 1.29 is 9.53 Å². The van der Waals surface area contributed by atoms with E-state index < -0.39 is 0 Å². The molecule has 0 radical (unpaired) electrons. The highest BCUT2D eigenvalue weighted by Gasteiger charge is 2.36. The number of fused-ring (bicyclic) bond motifs is 2. The van der Waals surface area contributed by atoms with Gasteiger partial charge in [0.15, 0.2) is 5.78 Å². The Morgan fingerprint density at radius 2 is 2.00 bits per heavy atom. The maximum Gasteiger partial charge on any atom is 0.194 e. The quantitative estimate of drug-likeness (QED) is 0.765. The van der Waals surface area contributed by atoms with E-state index in [9.17, 15) is 4.79 Å². The molecule has 0 bridgehead atoms. The first-order valence-corrected chi connectivity index (χ1v) is 6.71. The largest absolute Gasteiger partial charge is 0.373 e. The van der Waals surface area contributed by atoms with E-state index in [1.165, 1.54) is 5.57 Å². The molecular formula is C17H14O2. The fourth-order valence-corrected chi connectivity index (χ4v) is 3.19. The summed E-state index contributed by atoms with van der Waals surface area (Å²) in [4.78, 5) is 12.7. The van der Waals surface area contributed by atoms with Gasteiger partial charge in [-0.3, -0.25) is 4.79 Å². The molecule has 0 N–H and O–H groups in total. The van der Waals surface area contributed by atoms with Gasteiger partial charge in [0.1, 0.15) is 0 Å². The van der Waals surface area contributed by atoms with Crippen LogP contribution in [-0.4, -0.2) is 18.5 Å². The summed E-state index contributed by atoms with van der Waals surface area (Å²) in [7, 11) is 0. The Balaban J connectivity index is 1.83. The van der Waals surface area contributed by atoms with Gasteiger partial charge >= 0.3 is 0 Å². The molecule has 1 aliphatic heterocycles. The molecule has 4 rings (SSSR count). The summed E-state index contributed by atoms with van der Waals surface area (Å²) in [6.45, 7) is 0.749. The van der Waals surface area contributed by atoms with Crippen LogP contribution in [0.5, 0.6) is 0 Å². The predicted octanol–water partition coefficient (Wildman–Crippen LogP) is 3.07. The highest BCUT2D eigenvalue weighted by molar-refractivity contribution is 6.34. The number of hydrogen-bond acceptors (Lipinski definition) is 2. The van der Waals surface area contributed by atoms with E-state index in [0.717, 1.165) is 41.7 Å². The van der Waals surface area contributed by atoms with Crippen molar-refractivity contribution in [3.8, 4) is 0 Å². The molecule has 2 nitrogen and oxygen atoms in total. The van der Waals surface area contributed by atoms with E-state index in [4.69, 9.17) is 4.74 Å². The van der Waals surface area contributed by atoms with Crippen molar-refractivity contribution in [2.24, 2.45) is 0 Å². The maximum atomic E-state index is 12.7. The number of hydrogen-bond donors (Lipinski definition) is 0. The van der Waals surface area contributed by atoms with Crippen LogP contribution >= 0.6 is 0 Å². The number of benzene rings is 1. The number of carbonyl (C=O) groups excluding carboxylic acids is 1. The lowest BCUT2D eigenvalue weighted by atomic mass is 9.89. The van der Waals surface area contributed by atoms with Crippen molar-refractivity contribution in [2.45, 2.75) is 18.9 Å². The Bertz CT molecular complexity index is 647. The van der Waals surface area contributed by atoms with Gasteiger partial charge in [-0.1, -0.05) is 36.4 Å². The topological polar surface area (TPSA) is 26.3 Å². The third-order valence-electron chi connectivity index (χ3n) is 4.10. The molecule has 19 heavy (non-hydrogen) atoms. The zero-order valence-electron chi connectivity index (χ0n) is 10.6. The Hall–Kier alpha value is -1.93. The highest BCUT2D eigenvalue weighted by atomic mass is 16.5. The van der Waals surface area contributed by atoms with Gasteiger partial charge in [-0.25, -0.2) is 0 Å². The summed E-state index contributed by atoms with van der Waals surface area (Å²) < 4.78 is 5.68. The van der Waals surface area contributed by atoms with E-state index in [-0.39, 0.29) is 11.9 Å². The average Bonchev–Trinajstić information content (AvgIpc) is 3.04. The molecule has 1 atom stereocenters. The SMILES string of the molecule is O=C1C(c2ccccc2)=CC2=CCC3OCCC3=C12. The minimum absolute atomic E-state index is 0.145. The van der Waals surface area contributed by atoms with Crippen molar-refractivity contribution in [3.63, 3.8) is 0 Å². The molecule has 1 aromatic carbocycles. The van der Waals surface area contributed by atoms with Crippen LogP contribution in [0.1, 0.15) is 18.4 Å². The molecule has 1 heterocycles. The van der Waals surface area contributed by atoms with E-state index in [1.807, 2.05) is 36.4 Å². The van der Waals surface area contributed by atoms with Crippen molar-refractivity contribution in [1.29, 1.82) is 0 Å². The highest BCUT2D eigenvalue weighted by Crippen LogP contribution is 2.42. The second-order valence-corrected chi connectivity index (χ2v) is 5.16. The minimum atomic E-state index is 0.145. The van der Waals surface area contributed by atoms with Crippen molar-refractivity contribution in [1.82, 2.24) is 0 Å². The summed E-state index contributed by atoms with van der Waals surface area (Å²) in [5, 5.41) is 0. The molecule has 0 saturated carbocycles. The van der Waals surface area contributed by atoms with E-state index in [1.54, 1.807) is 0 Å². The first-order chi connectivity index (χ1) is 9.34. The van der Waals surface area contributed by atoms with Crippen LogP contribution in [0.25, 0.3) is 5.57 Å². The molecule has 2 heteroatoms. The van der Waals surface area contributed by atoms with E-state index in [2.05, 4.69) is 6.08 Å². The second-order valence-electron chi connectivity index (χ2n) is 5.16. The van der Waals surface area contributed by atoms with Gasteiger partial charge in [-0.05, 0) is 35.6 Å². The lowest BCUT2D eigenvalue weighted by molar-refractivity contribution is -0.110. The Kier molecular flexibility index (Phi) is 2.32. The summed E-state index contributed by atoms with van der Waals surface area (Å²) in [6.07, 6.45) is 6.13. The van der Waals surface area contributed by atoms with Crippen LogP contribution in [0.2, 0.25) is 0 Å². The summed E-state index contributed by atoms with van der Waals surface area (Å²) in [6, 6.07) is 9.90.